The lowest BCUT2D eigenvalue weighted by Gasteiger charge is -2.25. The molecule has 0 radical (unpaired) electrons. The summed E-state index contributed by atoms with van der Waals surface area (Å²) in [4.78, 5) is 0. The third-order valence-electron chi connectivity index (χ3n) is 13.4. The number of aromatic nitrogens is 2. The Morgan fingerprint density at radius 1 is 0.324 bits per heavy atom. The number of nitrogens with zero attached hydrogens (tertiary/aromatic N) is 7. The van der Waals surface area contributed by atoms with Crippen molar-refractivity contribution in [3.8, 4) is 86.2 Å². The average molecular weight is 974 g/mol. The Labute approximate surface area is 417 Å². The number of fused-ring (bicyclic) bond motifs is 6. The Morgan fingerprint density at radius 2 is 0.757 bits per heavy atom. The number of rotatable bonds is 6. The van der Waals surface area contributed by atoms with Crippen LogP contribution < -0.4 is 0 Å². The first-order valence-corrected chi connectivity index (χ1v) is 22.7. The van der Waals surface area contributed by atoms with Gasteiger partial charge in [-0.1, -0.05) is 84.9 Å². The topological polar surface area (TPSA) is 129 Å². The second kappa shape index (κ2) is 17.5. The van der Waals surface area contributed by atoms with Gasteiger partial charge in [-0.25, -0.2) is 0 Å². The van der Waals surface area contributed by atoms with Gasteiger partial charge in [0.25, 0.3) is 0 Å². The van der Waals surface area contributed by atoms with E-state index in [2.05, 4.69) is 24.3 Å². The van der Waals surface area contributed by atoms with E-state index in [0.29, 0.717) is 83.6 Å². The summed E-state index contributed by atoms with van der Waals surface area (Å²) in [5.41, 5.74) is 1.27. The monoisotopic (exact) mass is 973 g/mol. The van der Waals surface area contributed by atoms with E-state index in [1.54, 1.807) is 95.6 Å². The van der Waals surface area contributed by atoms with Crippen molar-refractivity contribution in [3.63, 3.8) is 0 Å². The predicted octanol–water partition coefficient (Wildman–Crippen LogP) is 15.9. The highest BCUT2D eigenvalue weighted by molar-refractivity contribution is 6.14. The maximum absolute atomic E-state index is 15.4. The van der Waals surface area contributed by atoms with Crippen LogP contribution in [-0.2, 0) is 12.4 Å². The molecule has 74 heavy (non-hydrogen) atoms. The molecule has 11 rings (SSSR count). The molecule has 13 heteroatoms. The molecule has 0 amide bonds. The lowest BCUT2D eigenvalue weighted by molar-refractivity contribution is -0.142. The zero-order valence-corrected chi connectivity index (χ0v) is 38.1. The number of alkyl halides is 6. The SMILES string of the molecule is N#Cc1ccc(-c2ccc3c(c2)c2ccccc2n3-c2cccc(C#N)c2-c2c(-c3c(C(F)(F)F)cccc3C(F)(F)F)cccc2-n2c3ccccc3c3cc(-c4ccc(C#N)cc4C#N)ccc32)c(C#N)c1. The van der Waals surface area contributed by atoms with Crippen molar-refractivity contribution in [3.05, 3.63) is 215 Å². The summed E-state index contributed by atoms with van der Waals surface area (Å²) in [7, 11) is 0. The minimum absolute atomic E-state index is 0.0371. The Kier molecular flexibility index (Phi) is 10.9. The van der Waals surface area contributed by atoms with Crippen molar-refractivity contribution in [2.75, 3.05) is 0 Å². The number of nitriles is 5. The minimum Gasteiger partial charge on any atom is -0.309 e. The van der Waals surface area contributed by atoms with Crippen LogP contribution >= 0.6 is 0 Å². The van der Waals surface area contributed by atoms with E-state index < -0.39 is 34.6 Å². The highest BCUT2D eigenvalue weighted by Gasteiger charge is 2.42. The highest BCUT2D eigenvalue weighted by Crippen LogP contribution is 2.52. The van der Waals surface area contributed by atoms with Gasteiger partial charge in [0.15, 0.2) is 0 Å². The molecule has 0 saturated heterocycles. The fourth-order valence-electron chi connectivity index (χ4n) is 10.3. The van der Waals surface area contributed by atoms with Gasteiger partial charge in [-0.15, -0.1) is 0 Å². The second-order valence-electron chi connectivity index (χ2n) is 17.4. The van der Waals surface area contributed by atoms with Gasteiger partial charge in [-0.3, -0.25) is 0 Å². The summed E-state index contributed by atoms with van der Waals surface area (Å²) in [5.74, 6) is 0. The Hall–Kier alpha value is -10.4. The number of benzene rings is 9. The van der Waals surface area contributed by atoms with E-state index in [4.69, 9.17) is 0 Å². The number of hydrogen-bond acceptors (Lipinski definition) is 5. The van der Waals surface area contributed by atoms with Gasteiger partial charge in [-0.2, -0.15) is 52.7 Å². The molecule has 11 aromatic rings. The number of halogens is 6. The second-order valence-corrected chi connectivity index (χ2v) is 17.4. The van der Waals surface area contributed by atoms with Crippen LogP contribution in [0, 0.1) is 56.7 Å². The third kappa shape index (κ3) is 7.34. The lowest BCUT2D eigenvalue weighted by Crippen LogP contribution is -2.15. The Bertz CT molecular complexity index is 4390. The van der Waals surface area contributed by atoms with E-state index in [9.17, 15) is 26.3 Å². The van der Waals surface area contributed by atoms with Crippen LogP contribution in [0.15, 0.2) is 176 Å². The molecule has 7 nitrogen and oxygen atoms in total. The van der Waals surface area contributed by atoms with E-state index in [0.717, 1.165) is 6.07 Å². The average Bonchev–Trinajstić information content (AvgIpc) is 3.93. The fourth-order valence-corrected chi connectivity index (χ4v) is 10.3. The van der Waals surface area contributed by atoms with Gasteiger partial charge in [-0.05, 0) is 119 Å². The van der Waals surface area contributed by atoms with Crippen molar-refractivity contribution in [1.29, 1.82) is 26.3 Å². The molecule has 0 saturated carbocycles. The van der Waals surface area contributed by atoms with Crippen molar-refractivity contribution in [2.24, 2.45) is 0 Å². The first kappa shape index (κ1) is 46.0. The lowest BCUT2D eigenvalue weighted by atomic mass is 9.85. The van der Waals surface area contributed by atoms with Crippen LogP contribution in [0.4, 0.5) is 26.3 Å². The summed E-state index contributed by atoms with van der Waals surface area (Å²) < 4.78 is 96.2. The molecule has 0 aliphatic heterocycles. The zero-order valence-electron chi connectivity index (χ0n) is 38.1. The molecule has 0 atom stereocenters. The molecule has 0 aliphatic rings. The van der Waals surface area contributed by atoms with Crippen LogP contribution in [-0.4, -0.2) is 9.13 Å². The third-order valence-corrected chi connectivity index (χ3v) is 13.4. The summed E-state index contributed by atoms with van der Waals surface area (Å²) in [6, 6.07) is 56.5. The molecule has 2 aromatic heterocycles. The van der Waals surface area contributed by atoms with Crippen molar-refractivity contribution in [2.45, 2.75) is 12.4 Å². The summed E-state index contributed by atoms with van der Waals surface area (Å²) >= 11 is 0. The molecule has 2 heterocycles. The smallest absolute Gasteiger partial charge is 0.309 e. The molecule has 350 valence electrons. The summed E-state index contributed by atoms with van der Waals surface area (Å²) in [6.45, 7) is 0. The van der Waals surface area contributed by atoms with Crippen LogP contribution in [0.2, 0.25) is 0 Å². The van der Waals surface area contributed by atoms with Crippen molar-refractivity contribution in [1.82, 2.24) is 9.13 Å². The quantitative estimate of drug-likeness (QED) is 0.153. The molecule has 0 fully saturated rings. The molecule has 0 aliphatic carbocycles. The van der Waals surface area contributed by atoms with Crippen LogP contribution in [0.1, 0.15) is 38.9 Å². The molecule has 0 spiro atoms. The Balaban J connectivity index is 1.28. The maximum atomic E-state index is 15.4. The van der Waals surface area contributed by atoms with Gasteiger partial charge >= 0.3 is 12.4 Å². The van der Waals surface area contributed by atoms with Crippen molar-refractivity contribution >= 4 is 43.6 Å². The van der Waals surface area contributed by atoms with E-state index in [1.165, 1.54) is 30.3 Å². The predicted molar refractivity (Wildman–Crippen MR) is 270 cm³/mol. The maximum Gasteiger partial charge on any atom is 0.417 e. The number of para-hydroxylation sites is 2. The Morgan fingerprint density at radius 3 is 1.22 bits per heavy atom. The molecule has 0 bridgehead atoms. The zero-order chi connectivity index (χ0) is 51.6. The first-order valence-electron chi connectivity index (χ1n) is 22.7. The van der Waals surface area contributed by atoms with Crippen molar-refractivity contribution < 1.29 is 26.3 Å². The first-order chi connectivity index (χ1) is 35.8. The molecule has 9 aromatic carbocycles. The van der Waals surface area contributed by atoms with Gasteiger partial charge in [0.2, 0.25) is 0 Å². The van der Waals surface area contributed by atoms with Gasteiger partial charge in [0.05, 0.1) is 103 Å². The normalized spacial score (nSPS) is 11.6. The van der Waals surface area contributed by atoms with E-state index in [1.807, 2.05) is 47.0 Å². The standard InChI is InChI=1S/C61H29F6N7/c62-60(63,64)49-12-7-13-50(61(65,66)67)58(49)46-11-6-17-56(74-52-15-4-2-10-45(52)48-29-38(21-25-54(48)74)43-23-19-36(31-69)27-41(43)34-72)59(46)57-39(32-70)8-5-16-55(57)73-51-14-3-1-9-44(51)47-28-37(20-24-53(47)73)42-22-18-35(30-68)26-40(42)33-71/h1-29H. The van der Waals surface area contributed by atoms with Crippen LogP contribution in [0.25, 0.3) is 99.5 Å². The van der Waals surface area contributed by atoms with E-state index >= 15 is 26.3 Å². The van der Waals surface area contributed by atoms with Gasteiger partial charge in [0.1, 0.15) is 0 Å². The van der Waals surface area contributed by atoms with Crippen LogP contribution in [0.3, 0.4) is 0 Å². The minimum atomic E-state index is -5.27. The van der Waals surface area contributed by atoms with Crippen LogP contribution in [0.5, 0.6) is 0 Å². The largest absolute Gasteiger partial charge is 0.417 e. The molecular formula is C61H29F6N7. The van der Waals surface area contributed by atoms with Gasteiger partial charge in [0, 0.05) is 38.2 Å². The van der Waals surface area contributed by atoms with E-state index in [-0.39, 0.29) is 44.8 Å². The summed E-state index contributed by atoms with van der Waals surface area (Å²) in [6.07, 6.45) is -10.5. The highest BCUT2D eigenvalue weighted by atomic mass is 19.4. The fraction of sp³-hybridized carbons (Fsp3) is 0.0328. The summed E-state index contributed by atoms with van der Waals surface area (Å²) in [5, 5.41) is 53.2. The van der Waals surface area contributed by atoms with Gasteiger partial charge < -0.3 is 9.13 Å². The molecule has 0 N–H and O–H groups in total. The molecule has 0 unspecified atom stereocenters. The molecular weight excluding hydrogens is 945 g/mol. The number of hydrogen-bond donors (Lipinski definition) is 0.